The molecule has 0 saturated carbocycles. The average molecular weight is 243 g/mol. The quantitative estimate of drug-likeness (QED) is 0.811. The Hall–Kier alpha value is -1.81. The summed E-state index contributed by atoms with van der Waals surface area (Å²) in [6.45, 7) is 3.63. The van der Waals surface area contributed by atoms with Crippen LogP contribution in [0.1, 0.15) is 11.1 Å². The molecule has 1 aromatic carbocycles. The van der Waals surface area contributed by atoms with E-state index in [4.69, 9.17) is 4.74 Å². The maximum Gasteiger partial charge on any atom is 0.122 e. The van der Waals surface area contributed by atoms with E-state index in [1.165, 1.54) is 11.1 Å². The SMILES string of the molecule is c1cn(CCNCc2ccc3c(c2)CCO3)cn1. The number of benzene rings is 1. The van der Waals surface area contributed by atoms with Gasteiger partial charge in [0.1, 0.15) is 5.75 Å². The Kier molecular flexibility index (Phi) is 3.28. The molecule has 0 saturated heterocycles. The van der Waals surface area contributed by atoms with Crippen LogP contribution in [0.2, 0.25) is 0 Å². The van der Waals surface area contributed by atoms with Crippen molar-refractivity contribution in [3.8, 4) is 5.75 Å². The lowest BCUT2D eigenvalue weighted by molar-refractivity contribution is 0.357. The molecule has 0 radical (unpaired) electrons. The molecule has 0 spiro atoms. The molecule has 4 heteroatoms. The van der Waals surface area contributed by atoms with Crippen LogP contribution in [0, 0.1) is 0 Å². The Bertz CT molecular complexity index is 508. The van der Waals surface area contributed by atoms with Crippen LogP contribution in [0.25, 0.3) is 0 Å². The zero-order valence-corrected chi connectivity index (χ0v) is 10.3. The first kappa shape index (κ1) is 11.3. The third-order valence-electron chi connectivity index (χ3n) is 3.19. The van der Waals surface area contributed by atoms with Crippen LogP contribution < -0.4 is 10.1 Å². The van der Waals surface area contributed by atoms with Crippen molar-refractivity contribution >= 4 is 0 Å². The summed E-state index contributed by atoms with van der Waals surface area (Å²) in [5.41, 5.74) is 2.66. The molecule has 0 aliphatic carbocycles. The second-order valence-corrected chi connectivity index (χ2v) is 4.52. The molecule has 94 valence electrons. The van der Waals surface area contributed by atoms with Crippen molar-refractivity contribution in [1.82, 2.24) is 14.9 Å². The molecule has 0 bridgehead atoms. The smallest absolute Gasteiger partial charge is 0.122 e. The lowest BCUT2D eigenvalue weighted by atomic mass is 10.1. The summed E-state index contributed by atoms with van der Waals surface area (Å²) in [4.78, 5) is 4.02. The normalized spacial score (nSPS) is 13.3. The second-order valence-electron chi connectivity index (χ2n) is 4.52. The second kappa shape index (κ2) is 5.23. The summed E-state index contributed by atoms with van der Waals surface area (Å²) in [7, 11) is 0. The van der Waals surface area contributed by atoms with Crippen LogP contribution in [0.15, 0.2) is 36.9 Å². The molecule has 2 aromatic rings. The van der Waals surface area contributed by atoms with E-state index >= 15 is 0 Å². The first-order chi connectivity index (χ1) is 8.92. The number of nitrogens with zero attached hydrogens (tertiary/aromatic N) is 2. The van der Waals surface area contributed by atoms with Gasteiger partial charge in [0.2, 0.25) is 0 Å². The van der Waals surface area contributed by atoms with Gasteiger partial charge < -0.3 is 14.6 Å². The van der Waals surface area contributed by atoms with E-state index in [9.17, 15) is 0 Å². The number of imidazole rings is 1. The molecule has 18 heavy (non-hydrogen) atoms. The largest absolute Gasteiger partial charge is 0.493 e. The summed E-state index contributed by atoms with van der Waals surface area (Å²) in [6.07, 6.45) is 6.67. The molecular weight excluding hydrogens is 226 g/mol. The van der Waals surface area contributed by atoms with Crippen LogP contribution in [0.4, 0.5) is 0 Å². The fourth-order valence-corrected chi connectivity index (χ4v) is 2.21. The van der Waals surface area contributed by atoms with E-state index < -0.39 is 0 Å². The molecule has 0 amide bonds. The molecule has 1 aliphatic heterocycles. The fourth-order valence-electron chi connectivity index (χ4n) is 2.21. The third kappa shape index (κ3) is 2.54. The third-order valence-corrected chi connectivity index (χ3v) is 3.19. The van der Waals surface area contributed by atoms with Crippen LogP contribution in [-0.4, -0.2) is 22.7 Å². The van der Waals surface area contributed by atoms with Crippen molar-refractivity contribution in [2.75, 3.05) is 13.2 Å². The predicted molar refractivity (Wildman–Crippen MR) is 69.6 cm³/mol. The van der Waals surface area contributed by atoms with Crippen molar-refractivity contribution in [2.45, 2.75) is 19.5 Å². The van der Waals surface area contributed by atoms with Crippen LogP contribution >= 0.6 is 0 Å². The Balaban J connectivity index is 1.48. The zero-order valence-electron chi connectivity index (χ0n) is 10.3. The van der Waals surface area contributed by atoms with Gasteiger partial charge in [-0.25, -0.2) is 4.98 Å². The minimum atomic E-state index is 0.826. The number of aromatic nitrogens is 2. The van der Waals surface area contributed by atoms with Gasteiger partial charge in [-0.1, -0.05) is 12.1 Å². The van der Waals surface area contributed by atoms with Gasteiger partial charge in [0, 0.05) is 38.4 Å². The summed E-state index contributed by atoms with van der Waals surface area (Å²) in [5.74, 6) is 1.05. The standard InChI is InChI=1S/C14H17N3O/c1-2-14-13(3-8-18-14)9-12(1)10-15-4-6-17-7-5-16-11-17/h1-2,5,7,9,11,15H,3-4,6,8,10H2. The highest BCUT2D eigenvalue weighted by Crippen LogP contribution is 2.25. The van der Waals surface area contributed by atoms with Gasteiger partial charge in [-0.05, 0) is 17.2 Å². The molecule has 2 heterocycles. The molecule has 1 aromatic heterocycles. The molecule has 0 atom stereocenters. The average Bonchev–Trinajstić information content (AvgIpc) is 3.05. The number of ether oxygens (including phenoxy) is 1. The lowest BCUT2D eigenvalue weighted by Crippen LogP contribution is -2.18. The number of hydrogen-bond donors (Lipinski definition) is 1. The van der Waals surface area contributed by atoms with Gasteiger partial charge >= 0.3 is 0 Å². The monoisotopic (exact) mass is 243 g/mol. The number of fused-ring (bicyclic) bond motifs is 1. The summed E-state index contributed by atoms with van der Waals surface area (Å²) < 4.78 is 7.57. The predicted octanol–water partition coefficient (Wildman–Crippen LogP) is 1.61. The van der Waals surface area contributed by atoms with Crippen LogP contribution in [0.5, 0.6) is 5.75 Å². The highest BCUT2D eigenvalue weighted by Gasteiger charge is 2.11. The van der Waals surface area contributed by atoms with E-state index in [1.54, 1.807) is 6.20 Å². The molecular formula is C14H17N3O. The van der Waals surface area contributed by atoms with Crippen LogP contribution in [-0.2, 0) is 19.5 Å². The Morgan fingerprint density at radius 2 is 2.39 bits per heavy atom. The Labute approximate surface area is 107 Å². The van der Waals surface area contributed by atoms with Gasteiger partial charge in [-0.2, -0.15) is 0 Å². The Morgan fingerprint density at radius 1 is 1.39 bits per heavy atom. The molecule has 3 rings (SSSR count). The van der Waals surface area contributed by atoms with Gasteiger partial charge in [0.25, 0.3) is 0 Å². The number of hydrogen-bond acceptors (Lipinski definition) is 3. The minimum absolute atomic E-state index is 0.826. The molecule has 1 aliphatic rings. The zero-order chi connectivity index (χ0) is 12.2. The first-order valence-corrected chi connectivity index (χ1v) is 6.33. The molecule has 0 fully saturated rings. The van der Waals surface area contributed by atoms with Crippen molar-refractivity contribution in [2.24, 2.45) is 0 Å². The van der Waals surface area contributed by atoms with Gasteiger partial charge in [0.15, 0.2) is 0 Å². The van der Waals surface area contributed by atoms with Crippen molar-refractivity contribution in [1.29, 1.82) is 0 Å². The highest BCUT2D eigenvalue weighted by molar-refractivity contribution is 5.39. The number of rotatable bonds is 5. The van der Waals surface area contributed by atoms with Gasteiger partial charge in [0.05, 0.1) is 12.9 Å². The summed E-state index contributed by atoms with van der Waals surface area (Å²) in [6, 6.07) is 6.45. The van der Waals surface area contributed by atoms with Gasteiger partial charge in [-0.15, -0.1) is 0 Å². The number of nitrogens with one attached hydrogen (secondary N) is 1. The van der Waals surface area contributed by atoms with E-state index in [1.807, 2.05) is 12.5 Å². The Morgan fingerprint density at radius 3 is 3.28 bits per heavy atom. The topological polar surface area (TPSA) is 39.1 Å². The van der Waals surface area contributed by atoms with Crippen LogP contribution in [0.3, 0.4) is 0 Å². The molecule has 1 N–H and O–H groups in total. The lowest BCUT2D eigenvalue weighted by Gasteiger charge is -2.07. The van der Waals surface area contributed by atoms with Crippen molar-refractivity contribution in [3.63, 3.8) is 0 Å². The first-order valence-electron chi connectivity index (χ1n) is 6.33. The van der Waals surface area contributed by atoms with E-state index in [2.05, 4.69) is 33.1 Å². The maximum atomic E-state index is 5.50. The van der Waals surface area contributed by atoms with E-state index in [-0.39, 0.29) is 0 Å². The minimum Gasteiger partial charge on any atom is -0.493 e. The fraction of sp³-hybridized carbons (Fsp3) is 0.357. The van der Waals surface area contributed by atoms with E-state index in [0.717, 1.165) is 38.4 Å². The molecule has 4 nitrogen and oxygen atoms in total. The summed E-state index contributed by atoms with van der Waals surface area (Å²) >= 11 is 0. The van der Waals surface area contributed by atoms with Gasteiger partial charge in [-0.3, -0.25) is 0 Å². The van der Waals surface area contributed by atoms with Crippen molar-refractivity contribution < 1.29 is 4.74 Å². The highest BCUT2D eigenvalue weighted by atomic mass is 16.5. The van der Waals surface area contributed by atoms with Crippen molar-refractivity contribution in [3.05, 3.63) is 48.0 Å². The summed E-state index contributed by atoms with van der Waals surface area (Å²) in [5, 5.41) is 3.44. The maximum absolute atomic E-state index is 5.50. The molecule has 0 unspecified atom stereocenters. The van der Waals surface area contributed by atoms with E-state index in [0.29, 0.717) is 0 Å².